The summed E-state index contributed by atoms with van der Waals surface area (Å²) in [7, 11) is 0. The number of aliphatic carboxylic acids is 1. The number of alkyl halides is 3. The first-order valence-electron chi connectivity index (χ1n) is 7.72. The van der Waals surface area contributed by atoms with Gasteiger partial charge < -0.3 is 19.9 Å². The highest BCUT2D eigenvalue weighted by Crippen LogP contribution is 2.23. The summed E-state index contributed by atoms with van der Waals surface area (Å²) in [5, 5.41) is 11.3. The monoisotopic (exact) mass is 383 g/mol. The van der Waals surface area contributed by atoms with Crippen LogP contribution in [0.1, 0.15) is 21.5 Å². The predicted octanol–water partition coefficient (Wildman–Crippen LogP) is 3.29. The first-order chi connectivity index (χ1) is 12.6. The SMILES string of the molecule is Cc1ccc(C(=O)NCc2ccc(OC(F)(F)F)cc2)c(OCC(=O)O)c1. The van der Waals surface area contributed by atoms with Crippen LogP contribution in [-0.2, 0) is 11.3 Å². The highest BCUT2D eigenvalue weighted by molar-refractivity contribution is 5.97. The maximum atomic E-state index is 12.3. The van der Waals surface area contributed by atoms with Crippen LogP contribution in [0.3, 0.4) is 0 Å². The van der Waals surface area contributed by atoms with Gasteiger partial charge in [-0.05, 0) is 42.3 Å². The van der Waals surface area contributed by atoms with Crippen molar-refractivity contribution in [3.63, 3.8) is 0 Å². The lowest BCUT2D eigenvalue weighted by atomic mass is 10.1. The number of amides is 1. The van der Waals surface area contributed by atoms with Gasteiger partial charge in [0.2, 0.25) is 0 Å². The molecule has 9 heteroatoms. The molecule has 0 saturated carbocycles. The molecule has 0 aromatic heterocycles. The van der Waals surface area contributed by atoms with Crippen molar-refractivity contribution in [2.24, 2.45) is 0 Å². The van der Waals surface area contributed by atoms with E-state index in [1.54, 1.807) is 19.1 Å². The number of aryl methyl sites for hydroxylation is 1. The Bertz CT molecular complexity index is 819. The fourth-order valence-corrected chi connectivity index (χ4v) is 2.16. The molecule has 0 aliphatic heterocycles. The first kappa shape index (κ1) is 20.1. The summed E-state index contributed by atoms with van der Waals surface area (Å²) < 4.78 is 45.3. The van der Waals surface area contributed by atoms with Gasteiger partial charge in [-0.15, -0.1) is 13.2 Å². The zero-order chi connectivity index (χ0) is 20.0. The van der Waals surface area contributed by atoms with Gasteiger partial charge in [-0.25, -0.2) is 4.79 Å². The number of nitrogens with one attached hydrogen (secondary N) is 1. The third-order valence-electron chi connectivity index (χ3n) is 3.34. The molecule has 0 atom stereocenters. The predicted molar refractivity (Wildman–Crippen MR) is 88.6 cm³/mol. The van der Waals surface area contributed by atoms with Gasteiger partial charge in [0.05, 0.1) is 5.56 Å². The minimum absolute atomic E-state index is 0.0530. The Morgan fingerprint density at radius 1 is 1.11 bits per heavy atom. The van der Waals surface area contributed by atoms with Gasteiger partial charge >= 0.3 is 12.3 Å². The number of carboxylic acid groups (broad SMARTS) is 1. The minimum Gasteiger partial charge on any atom is -0.481 e. The molecule has 1 amide bonds. The second-order valence-corrected chi connectivity index (χ2v) is 5.56. The van der Waals surface area contributed by atoms with Crippen molar-refractivity contribution >= 4 is 11.9 Å². The highest BCUT2D eigenvalue weighted by Gasteiger charge is 2.30. The second kappa shape index (κ2) is 8.43. The second-order valence-electron chi connectivity index (χ2n) is 5.56. The van der Waals surface area contributed by atoms with Crippen LogP contribution in [0, 0.1) is 6.92 Å². The van der Waals surface area contributed by atoms with Crippen LogP contribution in [-0.4, -0.2) is 30.0 Å². The third-order valence-corrected chi connectivity index (χ3v) is 3.34. The Kier molecular flexibility index (Phi) is 6.27. The molecule has 2 aromatic carbocycles. The largest absolute Gasteiger partial charge is 0.573 e. The van der Waals surface area contributed by atoms with Crippen molar-refractivity contribution in [2.45, 2.75) is 19.8 Å². The molecule has 2 rings (SSSR count). The van der Waals surface area contributed by atoms with Gasteiger partial charge in [-0.2, -0.15) is 0 Å². The Morgan fingerprint density at radius 2 is 1.78 bits per heavy atom. The van der Waals surface area contributed by atoms with Crippen molar-refractivity contribution < 1.29 is 37.3 Å². The quantitative estimate of drug-likeness (QED) is 0.767. The number of ether oxygens (including phenoxy) is 2. The van der Waals surface area contributed by atoms with E-state index in [-0.39, 0.29) is 23.6 Å². The minimum atomic E-state index is -4.77. The van der Waals surface area contributed by atoms with Crippen molar-refractivity contribution in [3.05, 3.63) is 59.2 Å². The molecule has 2 aromatic rings. The molecule has 0 saturated heterocycles. The van der Waals surface area contributed by atoms with E-state index in [1.807, 2.05) is 0 Å². The fourth-order valence-electron chi connectivity index (χ4n) is 2.16. The molecule has 0 aliphatic rings. The van der Waals surface area contributed by atoms with E-state index in [1.165, 1.54) is 18.2 Å². The molecule has 0 heterocycles. The summed E-state index contributed by atoms with van der Waals surface area (Å²) in [5.74, 6) is -1.92. The molecule has 2 N–H and O–H groups in total. The van der Waals surface area contributed by atoms with Gasteiger partial charge in [0, 0.05) is 6.54 Å². The molecule has 144 valence electrons. The first-order valence-corrected chi connectivity index (χ1v) is 7.72. The van der Waals surface area contributed by atoms with Crippen LogP contribution in [0.25, 0.3) is 0 Å². The van der Waals surface area contributed by atoms with Crippen LogP contribution in [0.2, 0.25) is 0 Å². The number of halogens is 3. The number of hydrogen-bond donors (Lipinski definition) is 2. The summed E-state index contributed by atoms with van der Waals surface area (Å²) >= 11 is 0. The molecule has 0 spiro atoms. The number of rotatable bonds is 7. The van der Waals surface area contributed by atoms with Gasteiger partial charge in [0.15, 0.2) is 6.61 Å². The zero-order valence-corrected chi connectivity index (χ0v) is 14.2. The molecule has 0 aliphatic carbocycles. The lowest BCUT2D eigenvalue weighted by Crippen LogP contribution is -2.24. The van der Waals surface area contributed by atoms with Crippen molar-refractivity contribution in [1.29, 1.82) is 0 Å². The third kappa shape index (κ3) is 6.53. The summed E-state index contributed by atoms with van der Waals surface area (Å²) in [4.78, 5) is 23.0. The van der Waals surface area contributed by atoms with Crippen LogP contribution in [0.4, 0.5) is 13.2 Å². The topological polar surface area (TPSA) is 84.9 Å². The Morgan fingerprint density at radius 3 is 2.37 bits per heavy atom. The molecule has 0 unspecified atom stereocenters. The summed E-state index contributed by atoms with van der Waals surface area (Å²) in [6, 6.07) is 9.77. The van der Waals surface area contributed by atoms with Crippen molar-refractivity contribution in [1.82, 2.24) is 5.32 Å². The number of carbonyl (C=O) groups is 2. The molecule has 27 heavy (non-hydrogen) atoms. The number of carboxylic acids is 1. The normalized spacial score (nSPS) is 11.0. The van der Waals surface area contributed by atoms with Gasteiger partial charge in [-0.3, -0.25) is 4.79 Å². The van der Waals surface area contributed by atoms with Gasteiger partial charge in [0.1, 0.15) is 11.5 Å². The van der Waals surface area contributed by atoms with Crippen molar-refractivity contribution in [3.8, 4) is 11.5 Å². The number of benzene rings is 2. The van der Waals surface area contributed by atoms with E-state index in [0.717, 1.165) is 17.7 Å². The van der Waals surface area contributed by atoms with E-state index in [4.69, 9.17) is 9.84 Å². The Balaban J connectivity index is 2.02. The Hall–Kier alpha value is -3.23. The molecular weight excluding hydrogens is 367 g/mol. The Labute approximate surface area is 152 Å². The highest BCUT2D eigenvalue weighted by atomic mass is 19.4. The maximum Gasteiger partial charge on any atom is 0.573 e. The molecule has 6 nitrogen and oxygen atoms in total. The van der Waals surface area contributed by atoms with Crippen LogP contribution in [0.5, 0.6) is 11.5 Å². The van der Waals surface area contributed by atoms with E-state index < -0.39 is 24.8 Å². The smallest absolute Gasteiger partial charge is 0.481 e. The van der Waals surface area contributed by atoms with E-state index in [0.29, 0.717) is 5.56 Å². The maximum absolute atomic E-state index is 12.3. The lowest BCUT2D eigenvalue weighted by Gasteiger charge is -2.12. The number of carbonyl (C=O) groups excluding carboxylic acids is 1. The zero-order valence-electron chi connectivity index (χ0n) is 14.2. The lowest BCUT2D eigenvalue weighted by molar-refractivity contribution is -0.274. The van der Waals surface area contributed by atoms with Crippen LogP contribution >= 0.6 is 0 Å². The van der Waals surface area contributed by atoms with E-state index in [2.05, 4.69) is 10.1 Å². The summed E-state index contributed by atoms with van der Waals surface area (Å²) in [5.41, 5.74) is 1.49. The molecular formula is C18H16F3NO5. The van der Waals surface area contributed by atoms with Gasteiger partial charge in [-0.1, -0.05) is 18.2 Å². The fraction of sp³-hybridized carbons (Fsp3) is 0.222. The number of hydrogen-bond acceptors (Lipinski definition) is 4. The van der Waals surface area contributed by atoms with E-state index in [9.17, 15) is 22.8 Å². The van der Waals surface area contributed by atoms with Crippen LogP contribution < -0.4 is 14.8 Å². The summed E-state index contributed by atoms with van der Waals surface area (Å²) in [6.45, 7) is 1.22. The summed E-state index contributed by atoms with van der Waals surface area (Å²) in [6.07, 6.45) is -4.77. The standard InChI is InChI=1S/C18H16F3NO5/c1-11-2-7-14(15(8-11)26-10-16(23)24)17(25)22-9-12-3-5-13(6-4-12)27-18(19,20)21/h2-8H,9-10H2,1H3,(H,22,25)(H,23,24). The average molecular weight is 383 g/mol. The van der Waals surface area contributed by atoms with Gasteiger partial charge in [0.25, 0.3) is 5.91 Å². The molecule has 0 radical (unpaired) electrons. The van der Waals surface area contributed by atoms with Crippen LogP contribution in [0.15, 0.2) is 42.5 Å². The average Bonchev–Trinajstić information content (AvgIpc) is 2.58. The van der Waals surface area contributed by atoms with Crippen molar-refractivity contribution in [2.75, 3.05) is 6.61 Å². The van der Waals surface area contributed by atoms with E-state index >= 15 is 0 Å². The molecule has 0 bridgehead atoms. The molecule has 0 fully saturated rings.